The molecule has 1 aromatic heterocycles. The van der Waals surface area contributed by atoms with Crippen molar-refractivity contribution in [1.82, 2.24) is 15.2 Å². The average molecular weight is 504 g/mol. The number of carbonyl (C=O) groups excluding carboxylic acids is 2. The summed E-state index contributed by atoms with van der Waals surface area (Å²) in [7, 11) is 0. The van der Waals surface area contributed by atoms with Crippen molar-refractivity contribution in [2.24, 2.45) is 5.41 Å². The van der Waals surface area contributed by atoms with E-state index in [-0.39, 0.29) is 19.0 Å². The lowest BCUT2D eigenvalue weighted by molar-refractivity contribution is -0.147. The SMILES string of the molecule is Cc1cc(Cc2ccc(C(=O)N[C@@H]3CN(C(=O)OC(C)(C)C)C[C@]3(C)C(=O)O)cc2)c2ccccc2n1. The summed E-state index contributed by atoms with van der Waals surface area (Å²) < 4.78 is 5.41. The van der Waals surface area contributed by atoms with Crippen molar-refractivity contribution in [3.8, 4) is 0 Å². The number of carboxylic acids is 1. The van der Waals surface area contributed by atoms with Gasteiger partial charge in [0.05, 0.1) is 11.6 Å². The molecule has 1 saturated heterocycles. The molecule has 8 heteroatoms. The summed E-state index contributed by atoms with van der Waals surface area (Å²) in [5, 5.41) is 13.8. The van der Waals surface area contributed by atoms with E-state index in [1.165, 1.54) is 11.8 Å². The second-order valence-corrected chi connectivity index (χ2v) is 10.9. The van der Waals surface area contributed by atoms with Crippen molar-refractivity contribution >= 4 is 28.9 Å². The molecule has 8 nitrogen and oxygen atoms in total. The zero-order chi connectivity index (χ0) is 27.0. The Morgan fingerprint density at radius 3 is 2.46 bits per heavy atom. The van der Waals surface area contributed by atoms with E-state index in [0.717, 1.165) is 27.7 Å². The molecule has 1 aliphatic heterocycles. The minimum atomic E-state index is -1.34. The van der Waals surface area contributed by atoms with Crippen molar-refractivity contribution < 1.29 is 24.2 Å². The van der Waals surface area contributed by atoms with Crippen molar-refractivity contribution in [1.29, 1.82) is 0 Å². The van der Waals surface area contributed by atoms with Crippen molar-refractivity contribution in [2.45, 2.75) is 52.7 Å². The van der Waals surface area contributed by atoms with Crippen LogP contribution < -0.4 is 5.32 Å². The van der Waals surface area contributed by atoms with Crippen molar-refractivity contribution in [3.63, 3.8) is 0 Å². The van der Waals surface area contributed by atoms with Gasteiger partial charge in [0.2, 0.25) is 0 Å². The van der Waals surface area contributed by atoms with Crippen LogP contribution in [0.5, 0.6) is 0 Å². The Labute approximate surface area is 216 Å². The van der Waals surface area contributed by atoms with E-state index in [1.54, 1.807) is 32.9 Å². The maximum Gasteiger partial charge on any atom is 0.410 e. The van der Waals surface area contributed by atoms with E-state index in [9.17, 15) is 19.5 Å². The van der Waals surface area contributed by atoms with E-state index < -0.39 is 29.1 Å². The predicted octanol–water partition coefficient (Wildman–Crippen LogP) is 4.57. The van der Waals surface area contributed by atoms with E-state index >= 15 is 0 Å². The molecule has 194 valence electrons. The molecule has 2 amide bonds. The molecule has 0 unspecified atom stereocenters. The fourth-order valence-corrected chi connectivity index (χ4v) is 4.66. The predicted molar refractivity (Wildman–Crippen MR) is 141 cm³/mol. The molecule has 0 spiro atoms. The van der Waals surface area contributed by atoms with Gasteiger partial charge in [-0.3, -0.25) is 14.6 Å². The number of aliphatic carboxylic acids is 1. The minimum Gasteiger partial charge on any atom is -0.481 e. The first-order chi connectivity index (χ1) is 17.4. The van der Waals surface area contributed by atoms with Crippen LogP contribution in [-0.4, -0.2) is 57.7 Å². The number of aromatic nitrogens is 1. The molecule has 0 radical (unpaired) electrons. The van der Waals surface area contributed by atoms with Gasteiger partial charge in [-0.2, -0.15) is 0 Å². The fourth-order valence-electron chi connectivity index (χ4n) is 4.66. The molecule has 2 heterocycles. The molecule has 4 rings (SSSR count). The molecule has 2 atom stereocenters. The topological polar surface area (TPSA) is 109 Å². The van der Waals surface area contributed by atoms with Crippen LogP contribution in [0.25, 0.3) is 10.9 Å². The largest absolute Gasteiger partial charge is 0.481 e. The summed E-state index contributed by atoms with van der Waals surface area (Å²) in [6.45, 7) is 8.75. The molecule has 37 heavy (non-hydrogen) atoms. The first-order valence-electron chi connectivity index (χ1n) is 12.3. The Bertz CT molecular complexity index is 1350. The van der Waals surface area contributed by atoms with Crippen LogP contribution in [0.15, 0.2) is 54.6 Å². The van der Waals surface area contributed by atoms with Gasteiger partial charge in [-0.15, -0.1) is 0 Å². The third-order valence-electron chi connectivity index (χ3n) is 6.68. The van der Waals surface area contributed by atoms with Gasteiger partial charge in [-0.25, -0.2) is 4.79 Å². The Hall–Kier alpha value is -3.94. The van der Waals surface area contributed by atoms with Crippen LogP contribution in [0.2, 0.25) is 0 Å². The number of nitrogens with one attached hydrogen (secondary N) is 1. The number of hydrogen-bond acceptors (Lipinski definition) is 5. The summed E-state index contributed by atoms with van der Waals surface area (Å²) >= 11 is 0. The van der Waals surface area contributed by atoms with Crippen LogP contribution in [0, 0.1) is 12.3 Å². The molecule has 0 saturated carbocycles. The van der Waals surface area contributed by atoms with Crippen LogP contribution in [0.1, 0.15) is 54.9 Å². The first-order valence-corrected chi connectivity index (χ1v) is 12.3. The number of ether oxygens (including phenoxy) is 1. The number of fused-ring (bicyclic) bond motifs is 1. The third kappa shape index (κ3) is 5.74. The summed E-state index contributed by atoms with van der Waals surface area (Å²) in [6, 6.07) is 16.6. The second-order valence-electron chi connectivity index (χ2n) is 10.9. The third-order valence-corrected chi connectivity index (χ3v) is 6.68. The van der Waals surface area contributed by atoms with E-state index in [2.05, 4.69) is 22.4 Å². The van der Waals surface area contributed by atoms with Crippen LogP contribution in [0.3, 0.4) is 0 Å². The Morgan fingerprint density at radius 2 is 1.81 bits per heavy atom. The van der Waals surface area contributed by atoms with Gasteiger partial charge in [0.1, 0.15) is 11.0 Å². The summed E-state index contributed by atoms with van der Waals surface area (Å²) in [5.74, 6) is -1.47. The highest BCUT2D eigenvalue weighted by Gasteiger charge is 2.51. The molecule has 2 aromatic carbocycles. The Morgan fingerprint density at radius 1 is 1.14 bits per heavy atom. The van der Waals surface area contributed by atoms with Gasteiger partial charge in [0.15, 0.2) is 0 Å². The van der Waals surface area contributed by atoms with Crippen LogP contribution in [-0.2, 0) is 16.0 Å². The molecular formula is C29H33N3O5. The first kappa shape index (κ1) is 26.1. The number of benzene rings is 2. The lowest BCUT2D eigenvalue weighted by Crippen LogP contribution is -2.49. The number of hydrogen-bond donors (Lipinski definition) is 2. The van der Waals surface area contributed by atoms with Crippen LogP contribution in [0.4, 0.5) is 4.79 Å². The second kappa shape index (κ2) is 9.84. The van der Waals surface area contributed by atoms with Gasteiger partial charge in [-0.1, -0.05) is 30.3 Å². The highest BCUT2D eigenvalue weighted by Crippen LogP contribution is 2.32. The van der Waals surface area contributed by atoms with E-state index in [4.69, 9.17) is 4.74 Å². The Kier molecular flexibility index (Phi) is 6.95. The maximum absolute atomic E-state index is 13.1. The van der Waals surface area contributed by atoms with E-state index in [1.807, 2.05) is 37.3 Å². The lowest BCUT2D eigenvalue weighted by atomic mass is 9.85. The molecule has 0 aliphatic carbocycles. The standard InChI is InChI=1S/C29H33N3O5/c1-18-14-21(22-8-6-7-9-23(22)30-18)15-19-10-12-20(13-11-19)25(33)31-24-16-32(17-29(24,5)26(34)35)27(36)37-28(2,3)4/h6-14,24H,15-17H2,1-5H3,(H,31,33)(H,34,35)/t24-,29+/m1/s1. The number of pyridine rings is 1. The molecule has 2 N–H and O–H groups in total. The van der Waals surface area contributed by atoms with E-state index in [0.29, 0.717) is 12.0 Å². The van der Waals surface area contributed by atoms with Crippen LogP contribution >= 0.6 is 0 Å². The normalized spacial score (nSPS) is 19.6. The monoisotopic (exact) mass is 503 g/mol. The van der Waals surface area contributed by atoms with Crippen molar-refractivity contribution in [3.05, 3.63) is 77.0 Å². The number of para-hydroxylation sites is 1. The molecule has 1 aliphatic rings. The van der Waals surface area contributed by atoms with Gasteiger partial charge in [-0.05, 0) is 76.4 Å². The Balaban J connectivity index is 1.48. The highest BCUT2D eigenvalue weighted by atomic mass is 16.6. The zero-order valence-corrected chi connectivity index (χ0v) is 21.9. The molecule has 0 bridgehead atoms. The number of rotatable bonds is 5. The maximum atomic E-state index is 13.1. The van der Waals surface area contributed by atoms with Gasteiger partial charge in [0.25, 0.3) is 5.91 Å². The molecule has 1 fully saturated rings. The summed E-state index contributed by atoms with van der Waals surface area (Å²) in [4.78, 5) is 43.7. The highest BCUT2D eigenvalue weighted by molar-refractivity contribution is 5.95. The van der Waals surface area contributed by atoms with Gasteiger partial charge >= 0.3 is 12.1 Å². The fraction of sp³-hybridized carbons (Fsp3) is 0.379. The summed E-state index contributed by atoms with van der Waals surface area (Å²) in [6.07, 6.45) is 0.0935. The zero-order valence-electron chi connectivity index (χ0n) is 21.9. The number of carboxylic acid groups (broad SMARTS) is 1. The number of aryl methyl sites for hydroxylation is 1. The van der Waals surface area contributed by atoms with Crippen molar-refractivity contribution in [2.75, 3.05) is 13.1 Å². The number of carbonyl (C=O) groups is 3. The number of amides is 2. The number of likely N-dealkylation sites (tertiary alicyclic amines) is 1. The minimum absolute atomic E-state index is 0.0516. The molecule has 3 aromatic rings. The summed E-state index contributed by atoms with van der Waals surface area (Å²) in [5.41, 5.74) is 2.47. The van der Waals surface area contributed by atoms with Gasteiger partial charge in [0, 0.05) is 29.7 Å². The number of nitrogens with zero attached hydrogens (tertiary/aromatic N) is 2. The smallest absolute Gasteiger partial charge is 0.410 e. The molecular weight excluding hydrogens is 470 g/mol. The lowest BCUT2D eigenvalue weighted by Gasteiger charge is -2.26. The quantitative estimate of drug-likeness (QED) is 0.528. The van der Waals surface area contributed by atoms with Gasteiger partial charge < -0.3 is 20.1 Å². The average Bonchev–Trinajstić information content (AvgIpc) is 3.16.